The summed E-state index contributed by atoms with van der Waals surface area (Å²) in [6.07, 6.45) is 1.58. The molecule has 0 aliphatic carbocycles. The highest BCUT2D eigenvalue weighted by Gasteiger charge is 2.17. The number of hydrogen-bond acceptors (Lipinski definition) is 4. The lowest BCUT2D eigenvalue weighted by Crippen LogP contribution is -2.25. The first kappa shape index (κ1) is 21.9. The Bertz CT molecular complexity index is 1390. The van der Waals surface area contributed by atoms with E-state index < -0.39 is 16.5 Å². The van der Waals surface area contributed by atoms with Crippen molar-refractivity contribution in [1.82, 2.24) is 9.78 Å². The van der Waals surface area contributed by atoms with Crippen LogP contribution in [0, 0.1) is 5.82 Å². The van der Waals surface area contributed by atoms with Crippen molar-refractivity contribution in [2.75, 3.05) is 0 Å². The minimum Gasteiger partial charge on any atom is -0.267 e. The highest BCUT2D eigenvalue weighted by Crippen LogP contribution is 2.31. The highest BCUT2D eigenvalue weighted by atomic mass is 35.5. The van der Waals surface area contributed by atoms with Gasteiger partial charge in [-0.15, -0.1) is 0 Å². The van der Waals surface area contributed by atoms with E-state index in [1.54, 1.807) is 30.5 Å². The number of benzene rings is 3. The van der Waals surface area contributed by atoms with Gasteiger partial charge in [0.1, 0.15) is 16.5 Å². The van der Waals surface area contributed by atoms with Crippen LogP contribution in [0.1, 0.15) is 11.1 Å². The van der Waals surface area contributed by atoms with E-state index in [1.807, 2.05) is 30.3 Å². The van der Waals surface area contributed by atoms with E-state index >= 15 is 0 Å². The van der Waals surface area contributed by atoms with Crippen molar-refractivity contribution in [2.45, 2.75) is 12.3 Å². The fourth-order valence-electron chi connectivity index (χ4n) is 3.45. The van der Waals surface area contributed by atoms with Crippen LogP contribution in [-0.4, -0.2) is 18.2 Å². The number of rotatable bonds is 6. The molecule has 0 aliphatic heterocycles. The lowest BCUT2D eigenvalue weighted by molar-refractivity contribution is 0.614. The summed E-state index contributed by atoms with van der Waals surface area (Å²) in [5.74, 6) is -0.640. The van der Waals surface area contributed by atoms with Gasteiger partial charge in [-0.1, -0.05) is 72.3 Å². The van der Waals surface area contributed by atoms with Gasteiger partial charge in [-0.25, -0.2) is 17.5 Å². The normalized spacial score (nSPS) is 11.1. The Balaban J connectivity index is 1.86. The van der Waals surface area contributed by atoms with E-state index in [0.29, 0.717) is 27.8 Å². The molecule has 0 atom stereocenters. The maximum absolute atomic E-state index is 13.8. The molecule has 4 aromatic rings. The first-order chi connectivity index (χ1) is 15.4. The number of aromatic nitrogens is 2. The van der Waals surface area contributed by atoms with Crippen LogP contribution in [0.15, 0.2) is 83.8 Å². The van der Waals surface area contributed by atoms with Crippen LogP contribution in [-0.2, 0) is 23.0 Å². The average molecular weight is 469 g/mol. The van der Waals surface area contributed by atoms with Crippen molar-refractivity contribution in [3.8, 4) is 22.3 Å². The van der Waals surface area contributed by atoms with E-state index in [9.17, 15) is 17.6 Å². The Morgan fingerprint density at radius 3 is 2.25 bits per heavy atom. The molecule has 0 unspecified atom stereocenters. The van der Waals surface area contributed by atoms with Gasteiger partial charge in [-0.05, 0) is 34.4 Å². The molecule has 0 N–H and O–H groups in total. The zero-order valence-corrected chi connectivity index (χ0v) is 18.4. The third-order valence-corrected chi connectivity index (χ3v) is 5.92. The third kappa shape index (κ3) is 4.79. The molecule has 0 amide bonds. The van der Waals surface area contributed by atoms with E-state index in [4.69, 9.17) is 11.6 Å². The molecule has 0 saturated heterocycles. The molecule has 0 spiro atoms. The molecule has 1 aromatic heterocycles. The second kappa shape index (κ2) is 9.46. The molecule has 0 saturated carbocycles. The number of nitrogens with zero attached hydrogens (tertiary/aromatic N) is 2. The SMILES string of the molecule is O=c1c(-c2ccc(F)c(Cl)c2)c(-c2ccc(C[SH](=O)=O)cc2)cnn1Cc1ccccc1. The van der Waals surface area contributed by atoms with E-state index in [2.05, 4.69) is 5.10 Å². The molecule has 4 rings (SSSR count). The Hall–Kier alpha value is -3.29. The molecule has 3 aromatic carbocycles. The largest absolute Gasteiger partial charge is 0.275 e. The van der Waals surface area contributed by atoms with Crippen LogP contribution >= 0.6 is 11.6 Å². The average Bonchev–Trinajstić information content (AvgIpc) is 2.78. The van der Waals surface area contributed by atoms with Gasteiger partial charge in [-0.3, -0.25) is 4.79 Å². The molecule has 0 aliphatic rings. The van der Waals surface area contributed by atoms with Gasteiger partial charge >= 0.3 is 0 Å². The maximum Gasteiger partial charge on any atom is 0.275 e. The Morgan fingerprint density at radius 1 is 0.906 bits per heavy atom. The lowest BCUT2D eigenvalue weighted by atomic mass is 9.96. The van der Waals surface area contributed by atoms with Gasteiger partial charge in [0, 0.05) is 5.56 Å². The molecule has 1 heterocycles. The smallest absolute Gasteiger partial charge is 0.267 e. The number of halogens is 2. The van der Waals surface area contributed by atoms with E-state index in [-0.39, 0.29) is 22.9 Å². The number of thiol groups is 1. The molecule has 5 nitrogen and oxygen atoms in total. The molecular formula is C24H18ClFN2O3S. The van der Waals surface area contributed by atoms with Gasteiger partial charge in [0.15, 0.2) is 0 Å². The summed E-state index contributed by atoms with van der Waals surface area (Å²) in [6, 6.07) is 20.4. The van der Waals surface area contributed by atoms with Crippen LogP contribution in [0.4, 0.5) is 4.39 Å². The predicted octanol–water partition coefficient (Wildman–Crippen LogP) is 4.53. The van der Waals surface area contributed by atoms with Gasteiger partial charge in [-0.2, -0.15) is 5.10 Å². The monoisotopic (exact) mass is 468 g/mol. The van der Waals surface area contributed by atoms with Crippen molar-refractivity contribution in [1.29, 1.82) is 0 Å². The summed E-state index contributed by atoms with van der Waals surface area (Å²) < 4.78 is 37.1. The summed E-state index contributed by atoms with van der Waals surface area (Å²) in [7, 11) is -2.54. The first-order valence-electron chi connectivity index (χ1n) is 9.73. The Kier molecular flexibility index (Phi) is 6.48. The van der Waals surface area contributed by atoms with Crippen molar-refractivity contribution < 1.29 is 12.8 Å². The van der Waals surface area contributed by atoms with Crippen molar-refractivity contribution in [3.05, 3.63) is 111 Å². The van der Waals surface area contributed by atoms with Crippen molar-refractivity contribution >= 4 is 22.3 Å². The van der Waals surface area contributed by atoms with Gasteiger partial charge in [0.25, 0.3) is 5.56 Å². The molecule has 0 fully saturated rings. The molecule has 32 heavy (non-hydrogen) atoms. The summed E-state index contributed by atoms with van der Waals surface area (Å²) in [5, 5.41) is 4.26. The Labute approximate surface area is 190 Å². The van der Waals surface area contributed by atoms with E-state index in [1.165, 1.54) is 22.9 Å². The van der Waals surface area contributed by atoms with Crippen LogP contribution in [0.5, 0.6) is 0 Å². The topological polar surface area (TPSA) is 69.0 Å². The van der Waals surface area contributed by atoms with Crippen LogP contribution in [0.3, 0.4) is 0 Å². The zero-order chi connectivity index (χ0) is 22.7. The van der Waals surface area contributed by atoms with Crippen LogP contribution in [0.25, 0.3) is 22.3 Å². The molecule has 162 valence electrons. The van der Waals surface area contributed by atoms with Gasteiger partial charge in [0.05, 0.1) is 29.1 Å². The molecule has 0 bridgehead atoms. The summed E-state index contributed by atoms with van der Waals surface area (Å²) in [5.41, 5.74) is 3.23. The quantitative estimate of drug-likeness (QED) is 0.422. The van der Waals surface area contributed by atoms with Gasteiger partial charge in [0.2, 0.25) is 0 Å². The maximum atomic E-state index is 13.8. The van der Waals surface area contributed by atoms with Crippen molar-refractivity contribution in [3.63, 3.8) is 0 Å². The minimum atomic E-state index is -2.54. The summed E-state index contributed by atoms with van der Waals surface area (Å²) >= 11 is 6.00. The Morgan fingerprint density at radius 2 is 1.59 bits per heavy atom. The molecule has 0 radical (unpaired) electrons. The molecule has 8 heteroatoms. The fraction of sp³-hybridized carbons (Fsp3) is 0.0833. The van der Waals surface area contributed by atoms with Crippen LogP contribution in [0.2, 0.25) is 5.02 Å². The summed E-state index contributed by atoms with van der Waals surface area (Å²) in [4.78, 5) is 13.5. The number of hydrogen-bond donors (Lipinski definition) is 1. The predicted molar refractivity (Wildman–Crippen MR) is 124 cm³/mol. The van der Waals surface area contributed by atoms with E-state index in [0.717, 1.165) is 5.56 Å². The second-order valence-corrected chi connectivity index (χ2v) is 8.59. The standard InChI is InChI=1S/C24H18ClFN2O3S/c25-21-12-19(10-11-22(21)26)23-20(18-8-6-17(7-9-18)15-32(30)31)13-27-28(24(23)29)14-16-4-2-1-3-5-16/h1-13,32H,14-15H2. The fourth-order valence-corrected chi connectivity index (χ4v) is 4.14. The van der Waals surface area contributed by atoms with Crippen molar-refractivity contribution in [2.24, 2.45) is 0 Å². The summed E-state index contributed by atoms with van der Waals surface area (Å²) in [6.45, 7) is 0.275. The molecular weight excluding hydrogens is 451 g/mol. The third-order valence-electron chi connectivity index (χ3n) is 5.00. The minimum absolute atomic E-state index is 0.0625. The first-order valence-corrected chi connectivity index (χ1v) is 11.5. The lowest BCUT2D eigenvalue weighted by Gasteiger charge is -2.13. The second-order valence-electron chi connectivity index (χ2n) is 7.20. The van der Waals surface area contributed by atoms with Gasteiger partial charge < -0.3 is 0 Å². The highest BCUT2D eigenvalue weighted by molar-refractivity contribution is 7.71. The van der Waals surface area contributed by atoms with Crippen LogP contribution < -0.4 is 5.56 Å². The zero-order valence-electron chi connectivity index (χ0n) is 16.7.